The van der Waals surface area contributed by atoms with E-state index in [9.17, 15) is 13.2 Å². The van der Waals surface area contributed by atoms with Gasteiger partial charge in [0.15, 0.2) is 11.6 Å². The molecule has 1 saturated heterocycles. The standard InChI is InChI=1S/C9H7F3O2PS/c10-6-4-8(12)7(11)3-5(6)9-1-2-13-15(16)14-9/h3-4,9H,1-2H2/q+1. The highest BCUT2D eigenvalue weighted by molar-refractivity contribution is 8.00. The number of hydrogen-bond donors (Lipinski definition) is 0. The Kier molecular flexibility index (Phi) is 3.54. The Labute approximate surface area is 96.0 Å². The van der Waals surface area contributed by atoms with Crippen LogP contribution in [0.5, 0.6) is 0 Å². The first kappa shape index (κ1) is 11.9. The lowest BCUT2D eigenvalue weighted by Gasteiger charge is -2.15. The molecule has 1 aromatic carbocycles. The van der Waals surface area contributed by atoms with Crippen LogP contribution in [0.2, 0.25) is 0 Å². The molecule has 1 aliphatic rings. The third-order valence-corrected chi connectivity index (χ3v) is 3.57. The fourth-order valence-corrected chi connectivity index (χ4v) is 2.70. The largest absolute Gasteiger partial charge is 0.522 e. The molecule has 2 rings (SSSR count). The number of benzene rings is 1. The molecule has 1 aromatic rings. The molecular weight excluding hydrogens is 260 g/mol. The van der Waals surface area contributed by atoms with Gasteiger partial charge in [0.05, 0.1) is 0 Å². The van der Waals surface area contributed by atoms with Crippen molar-refractivity contribution in [2.75, 3.05) is 6.61 Å². The van der Waals surface area contributed by atoms with Gasteiger partial charge >= 0.3 is 7.15 Å². The minimum Gasteiger partial charge on any atom is -0.206 e. The molecule has 1 heterocycles. The molecule has 0 aliphatic carbocycles. The normalized spacial score (nSPS) is 23.4. The summed E-state index contributed by atoms with van der Waals surface area (Å²) >= 11 is 4.80. The van der Waals surface area contributed by atoms with Crippen LogP contribution in [-0.4, -0.2) is 6.61 Å². The zero-order valence-corrected chi connectivity index (χ0v) is 9.66. The molecule has 16 heavy (non-hydrogen) atoms. The fraction of sp³-hybridized carbons (Fsp3) is 0.333. The SMILES string of the molecule is Fc1cc(F)c(C2CCO[P+](=S)O2)cc1F. The van der Waals surface area contributed by atoms with Gasteiger partial charge in [-0.1, -0.05) is 0 Å². The number of halogens is 3. The van der Waals surface area contributed by atoms with Crippen LogP contribution < -0.4 is 0 Å². The summed E-state index contributed by atoms with van der Waals surface area (Å²) in [4.78, 5) is 0. The monoisotopic (exact) mass is 267 g/mol. The predicted octanol–water partition coefficient (Wildman–Crippen LogP) is 3.36. The molecular formula is C9H7F3O2PS+. The van der Waals surface area contributed by atoms with Crippen LogP contribution in [0.4, 0.5) is 13.2 Å². The summed E-state index contributed by atoms with van der Waals surface area (Å²) in [7, 11) is -1.48. The topological polar surface area (TPSA) is 18.5 Å². The molecule has 0 radical (unpaired) electrons. The zero-order valence-electron chi connectivity index (χ0n) is 7.95. The van der Waals surface area contributed by atoms with E-state index in [0.29, 0.717) is 19.1 Å². The number of rotatable bonds is 1. The van der Waals surface area contributed by atoms with Crippen LogP contribution >= 0.6 is 7.15 Å². The van der Waals surface area contributed by atoms with Gasteiger partial charge in [0.25, 0.3) is 0 Å². The van der Waals surface area contributed by atoms with Gasteiger partial charge in [-0.3, -0.25) is 0 Å². The lowest BCUT2D eigenvalue weighted by molar-refractivity contribution is 0.116. The summed E-state index contributed by atoms with van der Waals surface area (Å²) in [6, 6.07) is 1.31. The Bertz CT molecular complexity index is 441. The van der Waals surface area contributed by atoms with Gasteiger partial charge < -0.3 is 0 Å². The molecule has 2 atom stereocenters. The molecule has 2 unspecified atom stereocenters. The quantitative estimate of drug-likeness (QED) is 0.574. The lowest BCUT2D eigenvalue weighted by atomic mass is 10.1. The second-order valence-corrected chi connectivity index (χ2v) is 5.04. The molecule has 0 amide bonds. The van der Waals surface area contributed by atoms with Crippen molar-refractivity contribution in [3.8, 4) is 0 Å². The van der Waals surface area contributed by atoms with E-state index in [1.54, 1.807) is 0 Å². The van der Waals surface area contributed by atoms with Crippen molar-refractivity contribution in [1.29, 1.82) is 0 Å². The maximum atomic E-state index is 13.4. The minimum atomic E-state index is -1.48. The van der Waals surface area contributed by atoms with Crippen LogP contribution in [0.1, 0.15) is 18.1 Å². The van der Waals surface area contributed by atoms with E-state index in [1.807, 2.05) is 0 Å². The van der Waals surface area contributed by atoms with Crippen molar-refractivity contribution >= 4 is 19.0 Å². The second-order valence-electron chi connectivity index (χ2n) is 3.23. The average Bonchev–Trinajstić information content (AvgIpc) is 2.23. The van der Waals surface area contributed by atoms with E-state index < -0.39 is 30.7 Å². The van der Waals surface area contributed by atoms with E-state index in [4.69, 9.17) is 20.9 Å². The molecule has 0 saturated carbocycles. The first-order chi connectivity index (χ1) is 7.58. The predicted molar refractivity (Wildman–Crippen MR) is 55.0 cm³/mol. The van der Waals surface area contributed by atoms with Gasteiger partial charge in [-0.2, -0.15) is 0 Å². The lowest BCUT2D eigenvalue weighted by Crippen LogP contribution is -2.11. The van der Waals surface area contributed by atoms with Gasteiger partial charge in [-0.05, 0) is 6.07 Å². The molecule has 1 aliphatic heterocycles. The van der Waals surface area contributed by atoms with E-state index in [1.165, 1.54) is 0 Å². The van der Waals surface area contributed by atoms with Gasteiger partial charge in [0.1, 0.15) is 18.5 Å². The molecule has 7 heteroatoms. The second kappa shape index (κ2) is 4.75. The van der Waals surface area contributed by atoms with Crippen LogP contribution in [0.15, 0.2) is 12.1 Å². The average molecular weight is 267 g/mol. The van der Waals surface area contributed by atoms with Crippen LogP contribution in [-0.2, 0) is 20.9 Å². The summed E-state index contributed by atoms with van der Waals surface area (Å²) in [5.74, 6) is -3.14. The van der Waals surface area contributed by atoms with E-state index in [2.05, 4.69) is 0 Å². The third-order valence-electron chi connectivity index (χ3n) is 2.18. The van der Waals surface area contributed by atoms with Gasteiger partial charge in [0.2, 0.25) is 11.8 Å². The fourth-order valence-electron chi connectivity index (χ4n) is 1.42. The first-order valence-corrected chi connectivity index (χ1v) is 6.68. The van der Waals surface area contributed by atoms with Crippen molar-refractivity contribution < 1.29 is 22.2 Å². The van der Waals surface area contributed by atoms with Crippen molar-refractivity contribution in [1.82, 2.24) is 0 Å². The Morgan fingerprint density at radius 3 is 2.56 bits per heavy atom. The van der Waals surface area contributed by atoms with E-state index in [0.717, 1.165) is 6.07 Å². The summed E-state index contributed by atoms with van der Waals surface area (Å²) in [5.41, 5.74) is -0.0143. The van der Waals surface area contributed by atoms with Crippen molar-refractivity contribution in [2.24, 2.45) is 0 Å². The maximum absolute atomic E-state index is 13.4. The third kappa shape index (κ3) is 2.40. The number of hydrogen-bond acceptors (Lipinski definition) is 3. The van der Waals surface area contributed by atoms with Gasteiger partial charge in [-0.15, -0.1) is 9.05 Å². The first-order valence-electron chi connectivity index (χ1n) is 4.49. The van der Waals surface area contributed by atoms with Crippen LogP contribution in [0.25, 0.3) is 0 Å². The molecule has 0 N–H and O–H groups in total. The molecule has 0 bridgehead atoms. The maximum Gasteiger partial charge on any atom is 0.522 e. The van der Waals surface area contributed by atoms with Crippen LogP contribution in [0, 0.1) is 17.5 Å². The smallest absolute Gasteiger partial charge is 0.206 e. The van der Waals surface area contributed by atoms with Gasteiger partial charge in [-0.25, -0.2) is 13.2 Å². The molecule has 0 spiro atoms. The highest BCUT2D eigenvalue weighted by Gasteiger charge is 2.32. The Morgan fingerprint density at radius 1 is 1.19 bits per heavy atom. The van der Waals surface area contributed by atoms with Crippen LogP contribution in [0.3, 0.4) is 0 Å². The summed E-state index contributed by atoms with van der Waals surface area (Å²) in [6.45, 7) is 0.332. The zero-order chi connectivity index (χ0) is 11.7. The molecule has 2 nitrogen and oxygen atoms in total. The summed E-state index contributed by atoms with van der Waals surface area (Å²) < 4.78 is 49.2. The molecule has 0 aromatic heterocycles. The molecule has 86 valence electrons. The summed E-state index contributed by atoms with van der Waals surface area (Å²) in [6.07, 6.45) is -0.287. The highest BCUT2D eigenvalue weighted by Crippen LogP contribution is 2.41. The minimum absolute atomic E-state index is 0.0143. The van der Waals surface area contributed by atoms with Crippen molar-refractivity contribution in [3.05, 3.63) is 35.1 Å². The highest BCUT2D eigenvalue weighted by atomic mass is 32.4. The Balaban J connectivity index is 2.32. The van der Waals surface area contributed by atoms with Crippen molar-refractivity contribution in [3.63, 3.8) is 0 Å². The Hall–Kier alpha value is -0.550. The molecule has 1 fully saturated rings. The van der Waals surface area contributed by atoms with Gasteiger partial charge in [0, 0.05) is 18.1 Å². The Morgan fingerprint density at radius 2 is 1.88 bits per heavy atom. The summed E-state index contributed by atoms with van der Waals surface area (Å²) in [5, 5.41) is 0. The van der Waals surface area contributed by atoms with Crippen molar-refractivity contribution in [2.45, 2.75) is 12.5 Å². The van der Waals surface area contributed by atoms with E-state index in [-0.39, 0.29) is 5.56 Å². The van der Waals surface area contributed by atoms with E-state index >= 15 is 0 Å².